The van der Waals surface area contributed by atoms with Crippen LogP contribution in [0.3, 0.4) is 0 Å². The van der Waals surface area contributed by atoms with E-state index < -0.39 is 5.97 Å². The van der Waals surface area contributed by atoms with Gasteiger partial charge in [0, 0.05) is 12.0 Å². The molecule has 14 heavy (non-hydrogen) atoms. The lowest BCUT2D eigenvalue weighted by atomic mass is 9.75. The first kappa shape index (κ1) is 8.03. The molecule has 4 heteroatoms. The number of carboxylic acids is 1. The smallest absolute Gasteiger partial charge is 0.311 e. The summed E-state index contributed by atoms with van der Waals surface area (Å²) in [4.78, 5) is 11.2. The van der Waals surface area contributed by atoms with E-state index in [0.717, 1.165) is 37.0 Å². The number of carboxylic acid groups (broad SMARTS) is 1. The van der Waals surface area contributed by atoms with E-state index in [1.54, 1.807) is 6.20 Å². The van der Waals surface area contributed by atoms with E-state index in [9.17, 15) is 9.90 Å². The van der Waals surface area contributed by atoms with E-state index in [0.29, 0.717) is 0 Å². The molecular formula is C10H11NO3. The van der Waals surface area contributed by atoms with Crippen molar-refractivity contribution >= 4 is 5.97 Å². The van der Waals surface area contributed by atoms with Crippen LogP contribution < -0.4 is 0 Å². The van der Waals surface area contributed by atoms with Crippen LogP contribution in [0.2, 0.25) is 0 Å². The van der Waals surface area contributed by atoms with Gasteiger partial charge in [0.05, 0.1) is 12.1 Å². The van der Waals surface area contributed by atoms with Crippen molar-refractivity contribution in [2.45, 2.75) is 31.6 Å². The van der Waals surface area contributed by atoms with Crippen molar-refractivity contribution in [1.29, 1.82) is 0 Å². The summed E-state index contributed by atoms with van der Waals surface area (Å²) in [6.07, 6.45) is 5.43. The highest BCUT2D eigenvalue weighted by molar-refractivity contribution is 5.78. The topological polar surface area (TPSA) is 63.3 Å². The highest BCUT2D eigenvalue weighted by Crippen LogP contribution is 2.61. The summed E-state index contributed by atoms with van der Waals surface area (Å²) < 4.78 is 5.04. The monoisotopic (exact) mass is 193 g/mol. The molecule has 0 radical (unpaired) electrons. The molecule has 0 amide bonds. The van der Waals surface area contributed by atoms with Crippen molar-refractivity contribution in [1.82, 2.24) is 5.16 Å². The second kappa shape index (κ2) is 2.38. The molecule has 1 aromatic rings. The zero-order valence-corrected chi connectivity index (χ0v) is 7.69. The third-order valence-electron chi connectivity index (χ3n) is 3.59. The van der Waals surface area contributed by atoms with Gasteiger partial charge < -0.3 is 9.63 Å². The Balaban J connectivity index is 2.10. The molecule has 0 aromatic carbocycles. The van der Waals surface area contributed by atoms with Crippen molar-refractivity contribution in [2.75, 3.05) is 0 Å². The quantitative estimate of drug-likeness (QED) is 0.735. The number of hydrogen-bond acceptors (Lipinski definition) is 3. The predicted octanol–water partition coefficient (Wildman–Crippen LogP) is 1.57. The number of aromatic nitrogens is 1. The van der Waals surface area contributed by atoms with Gasteiger partial charge in [-0.1, -0.05) is 5.16 Å². The lowest BCUT2D eigenvalue weighted by Crippen LogP contribution is -2.27. The van der Waals surface area contributed by atoms with Crippen LogP contribution >= 0.6 is 0 Å². The minimum Gasteiger partial charge on any atom is -0.481 e. The lowest BCUT2D eigenvalue weighted by molar-refractivity contribution is -0.141. The molecule has 1 atom stereocenters. The van der Waals surface area contributed by atoms with Crippen molar-refractivity contribution in [2.24, 2.45) is 5.41 Å². The Labute approximate surface area is 80.9 Å². The molecule has 3 rings (SSSR count). The fraction of sp³-hybridized carbons (Fsp3) is 0.600. The maximum absolute atomic E-state index is 11.2. The van der Waals surface area contributed by atoms with Gasteiger partial charge in [-0.15, -0.1) is 0 Å². The van der Waals surface area contributed by atoms with Crippen LogP contribution in [0.1, 0.15) is 36.5 Å². The Bertz CT molecular complexity index is 392. The molecular weight excluding hydrogens is 182 g/mol. The largest absolute Gasteiger partial charge is 0.481 e. The summed E-state index contributed by atoms with van der Waals surface area (Å²) in [5.74, 6) is -0.334. The number of carbonyl (C=O) groups is 1. The Morgan fingerprint density at radius 3 is 3.00 bits per heavy atom. The first-order chi connectivity index (χ1) is 6.73. The Morgan fingerprint density at radius 1 is 1.57 bits per heavy atom. The van der Waals surface area contributed by atoms with Gasteiger partial charge in [0.2, 0.25) is 0 Å². The van der Waals surface area contributed by atoms with Crippen LogP contribution in [0.15, 0.2) is 10.7 Å². The SMILES string of the molecule is O=C(O)C1c2cnoc2CCC12CC2. The molecule has 1 saturated carbocycles. The van der Waals surface area contributed by atoms with Crippen molar-refractivity contribution in [3.05, 3.63) is 17.5 Å². The molecule has 0 saturated heterocycles. The van der Waals surface area contributed by atoms with E-state index in [4.69, 9.17) is 4.52 Å². The van der Waals surface area contributed by atoms with Gasteiger partial charge >= 0.3 is 5.97 Å². The van der Waals surface area contributed by atoms with Crippen LogP contribution in [0.4, 0.5) is 0 Å². The summed E-state index contributed by atoms with van der Waals surface area (Å²) >= 11 is 0. The van der Waals surface area contributed by atoms with Crippen LogP contribution in [0.25, 0.3) is 0 Å². The molecule has 2 aliphatic rings. The zero-order chi connectivity index (χ0) is 9.76. The number of nitrogens with zero attached hydrogens (tertiary/aromatic N) is 1. The minimum absolute atomic E-state index is 0.0321. The number of rotatable bonds is 1. The summed E-state index contributed by atoms with van der Waals surface area (Å²) in [7, 11) is 0. The van der Waals surface area contributed by atoms with Gasteiger partial charge in [-0.05, 0) is 24.7 Å². The predicted molar refractivity (Wildman–Crippen MR) is 46.9 cm³/mol. The number of fused-ring (bicyclic) bond motifs is 1. The molecule has 1 unspecified atom stereocenters. The van der Waals surface area contributed by atoms with E-state index in [2.05, 4.69) is 5.16 Å². The maximum Gasteiger partial charge on any atom is 0.311 e. The zero-order valence-electron chi connectivity index (χ0n) is 7.69. The van der Waals surface area contributed by atoms with Crippen LogP contribution in [0, 0.1) is 5.41 Å². The summed E-state index contributed by atoms with van der Waals surface area (Å²) in [6.45, 7) is 0. The fourth-order valence-electron chi connectivity index (χ4n) is 2.63. The maximum atomic E-state index is 11.2. The molecule has 2 aliphatic carbocycles. The number of aryl methyl sites for hydroxylation is 1. The molecule has 1 fully saturated rings. The van der Waals surface area contributed by atoms with Crippen LogP contribution in [-0.2, 0) is 11.2 Å². The Morgan fingerprint density at radius 2 is 2.36 bits per heavy atom. The third kappa shape index (κ3) is 0.882. The second-order valence-corrected chi connectivity index (χ2v) is 4.34. The van der Waals surface area contributed by atoms with E-state index in [1.165, 1.54) is 0 Å². The lowest BCUT2D eigenvalue weighted by Gasteiger charge is -2.26. The van der Waals surface area contributed by atoms with E-state index in [1.807, 2.05) is 0 Å². The summed E-state index contributed by atoms with van der Waals surface area (Å²) in [6, 6.07) is 0. The standard InChI is InChI=1S/C10H11NO3/c12-9(13)8-6-5-11-14-7(6)1-2-10(8)3-4-10/h5,8H,1-4H2,(H,12,13). The van der Waals surface area contributed by atoms with E-state index in [-0.39, 0.29) is 11.3 Å². The van der Waals surface area contributed by atoms with Gasteiger partial charge in [-0.3, -0.25) is 4.79 Å². The summed E-state index contributed by atoms with van der Waals surface area (Å²) in [5.41, 5.74) is 0.839. The molecule has 1 heterocycles. The average Bonchev–Trinajstić information content (AvgIpc) is 2.75. The van der Waals surface area contributed by atoms with Gasteiger partial charge in [-0.25, -0.2) is 0 Å². The molecule has 0 aliphatic heterocycles. The van der Waals surface area contributed by atoms with Gasteiger partial charge in [-0.2, -0.15) is 0 Å². The van der Waals surface area contributed by atoms with Crippen molar-refractivity contribution < 1.29 is 14.4 Å². The minimum atomic E-state index is -0.730. The molecule has 1 spiro atoms. The first-order valence-electron chi connectivity index (χ1n) is 4.89. The normalized spacial score (nSPS) is 27.3. The highest BCUT2D eigenvalue weighted by Gasteiger charge is 2.56. The van der Waals surface area contributed by atoms with Crippen molar-refractivity contribution in [3.8, 4) is 0 Å². The number of hydrogen-bond donors (Lipinski definition) is 1. The fourth-order valence-corrected chi connectivity index (χ4v) is 2.63. The highest BCUT2D eigenvalue weighted by atomic mass is 16.5. The first-order valence-corrected chi connectivity index (χ1v) is 4.89. The molecule has 4 nitrogen and oxygen atoms in total. The molecule has 1 aromatic heterocycles. The summed E-state index contributed by atoms with van der Waals surface area (Å²) in [5, 5.41) is 12.9. The van der Waals surface area contributed by atoms with E-state index >= 15 is 0 Å². The molecule has 74 valence electrons. The van der Waals surface area contributed by atoms with Gasteiger partial charge in [0.1, 0.15) is 5.76 Å². The Hall–Kier alpha value is -1.32. The second-order valence-electron chi connectivity index (χ2n) is 4.34. The van der Waals surface area contributed by atoms with Gasteiger partial charge in [0.25, 0.3) is 0 Å². The average molecular weight is 193 g/mol. The number of aliphatic carboxylic acids is 1. The van der Waals surface area contributed by atoms with Crippen LogP contribution in [-0.4, -0.2) is 16.2 Å². The van der Waals surface area contributed by atoms with Crippen molar-refractivity contribution in [3.63, 3.8) is 0 Å². The molecule has 1 N–H and O–H groups in total. The van der Waals surface area contributed by atoms with Gasteiger partial charge in [0.15, 0.2) is 0 Å². The molecule has 0 bridgehead atoms. The third-order valence-corrected chi connectivity index (χ3v) is 3.59. The van der Waals surface area contributed by atoms with Crippen LogP contribution in [0.5, 0.6) is 0 Å². The Kier molecular flexibility index (Phi) is 1.36.